The van der Waals surface area contributed by atoms with Crippen LogP contribution in [0.4, 0.5) is 101 Å². The summed E-state index contributed by atoms with van der Waals surface area (Å²) < 4.78 is 298. The number of rotatable bonds is 10. The first-order valence-electron chi connectivity index (χ1n) is 7.61. The summed E-state index contributed by atoms with van der Waals surface area (Å²) in [5, 5.41) is 0. The summed E-state index contributed by atoms with van der Waals surface area (Å²) in [5.74, 6) is -87.4. The fraction of sp³-hybridized carbons (Fsp3) is 1.00. The van der Waals surface area contributed by atoms with E-state index in [2.05, 4.69) is 5.73 Å². The molecule has 0 fully saturated rings. The van der Waals surface area contributed by atoms with Gasteiger partial charge in [0.05, 0.1) is 6.54 Å². The van der Waals surface area contributed by atoms with E-state index >= 15 is 0 Å². The van der Waals surface area contributed by atoms with Crippen LogP contribution < -0.4 is 5.73 Å². The minimum Gasteiger partial charge on any atom is -0.325 e. The zero-order chi connectivity index (χ0) is 30.2. The summed E-state index contributed by atoms with van der Waals surface area (Å²) in [7, 11) is 0. The van der Waals surface area contributed by atoms with Gasteiger partial charge >= 0.3 is 65.4 Å². The zero-order valence-electron chi connectivity index (χ0n) is 15.5. The third-order valence-electron chi connectivity index (χ3n) is 4.23. The second-order valence-corrected chi connectivity index (χ2v) is 6.58. The molecule has 218 valence electrons. The number of nitrogens with two attached hydrogens (primary N) is 1. The quantitative estimate of drug-likeness (QED) is 0.273. The molecule has 0 saturated heterocycles. The second kappa shape index (κ2) is 8.17. The second-order valence-electron chi connectivity index (χ2n) is 6.58. The average Bonchev–Trinajstić information content (AvgIpc) is 2.65. The molecule has 0 radical (unpaired) electrons. The molecule has 0 aliphatic heterocycles. The molecule has 0 heterocycles. The number of hydrogen-bond acceptors (Lipinski definition) is 1. The van der Waals surface area contributed by atoms with Gasteiger partial charge in [-0.3, -0.25) is 0 Å². The largest absolute Gasteiger partial charge is 0.460 e. The highest BCUT2D eigenvalue weighted by molar-refractivity contribution is 5.18. The minimum absolute atomic E-state index is 3.19. The van der Waals surface area contributed by atoms with E-state index in [9.17, 15) is 101 Å². The van der Waals surface area contributed by atoms with E-state index in [-0.39, 0.29) is 0 Å². The lowest BCUT2D eigenvalue weighted by molar-refractivity contribution is -0.478. The van der Waals surface area contributed by atoms with Crippen LogP contribution in [0.1, 0.15) is 0 Å². The first-order valence-corrected chi connectivity index (χ1v) is 7.61. The van der Waals surface area contributed by atoms with Crippen LogP contribution in [0.3, 0.4) is 0 Å². The van der Waals surface area contributed by atoms with Crippen LogP contribution in [0.25, 0.3) is 0 Å². The highest BCUT2D eigenvalue weighted by atomic mass is 19.4. The SMILES string of the molecule is NCC(F)(F)C(F)(F)C(F)(F)C(F)(F)C(F)(F)C(F)(F)C(F)(F)C(F)(F)C(F)(F)C(F)(F)C(F)(F)F. The standard InChI is InChI=1S/C12H4F23N/c13-2(14,1-36)3(15,16)4(17,18)5(19,20)6(21,22)7(23,24)8(25,26)9(27,28)10(29,30)11(31,32)12(33,34)35/h1,36H2. The molecular weight excluding hydrogens is 595 g/mol. The fourth-order valence-corrected chi connectivity index (χ4v) is 1.92. The molecule has 0 atom stereocenters. The Balaban J connectivity index is 7.18. The molecule has 0 unspecified atom stereocenters. The Morgan fingerprint density at radius 2 is 0.444 bits per heavy atom. The van der Waals surface area contributed by atoms with Gasteiger partial charge in [-0.2, -0.15) is 101 Å². The van der Waals surface area contributed by atoms with Gasteiger partial charge in [0.25, 0.3) is 0 Å². The maximum absolute atomic E-state index is 13.4. The molecule has 0 aliphatic rings. The minimum atomic E-state index is -9.38. The van der Waals surface area contributed by atoms with Gasteiger partial charge in [-0.25, -0.2) is 0 Å². The molecule has 0 aliphatic carbocycles. The summed E-state index contributed by atoms with van der Waals surface area (Å²) in [4.78, 5) is 0. The molecule has 0 aromatic rings. The van der Waals surface area contributed by atoms with Gasteiger partial charge in [-0.1, -0.05) is 0 Å². The van der Waals surface area contributed by atoms with Gasteiger partial charge in [0.2, 0.25) is 0 Å². The smallest absolute Gasteiger partial charge is 0.325 e. The highest BCUT2D eigenvalue weighted by Crippen LogP contribution is 2.66. The van der Waals surface area contributed by atoms with E-state index in [1.54, 1.807) is 0 Å². The molecule has 0 saturated carbocycles. The molecule has 0 amide bonds. The number of alkyl halides is 23. The number of hydrogen-bond donors (Lipinski definition) is 1. The predicted molar refractivity (Wildman–Crippen MR) is 64.6 cm³/mol. The molecule has 0 spiro atoms. The van der Waals surface area contributed by atoms with E-state index in [0.29, 0.717) is 0 Å². The van der Waals surface area contributed by atoms with Crippen molar-refractivity contribution in [3.63, 3.8) is 0 Å². The van der Waals surface area contributed by atoms with Crippen LogP contribution in [0.5, 0.6) is 0 Å². The van der Waals surface area contributed by atoms with Crippen molar-refractivity contribution in [3.8, 4) is 0 Å². The summed E-state index contributed by atoms with van der Waals surface area (Å²) >= 11 is 0. The van der Waals surface area contributed by atoms with Crippen molar-refractivity contribution in [3.05, 3.63) is 0 Å². The Morgan fingerprint density at radius 3 is 0.611 bits per heavy atom. The van der Waals surface area contributed by atoms with Crippen LogP contribution in [0.2, 0.25) is 0 Å². The van der Waals surface area contributed by atoms with Crippen LogP contribution in [0.15, 0.2) is 0 Å². The lowest BCUT2D eigenvalue weighted by atomic mass is 9.85. The molecule has 24 heteroatoms. The molecule has 0 aromatic heterocycles. The van der Waals surface area contributed by atoms with Crippen molar-refractivity contribution < 1.29 is 101 Å². The highest BCUT2D eigenvalue weighted by Gasteiger charge is 2.98. The normalized spacial score (nSPS) is 17.0. The molecule has 1 nitrogen and oxygen atoms in total. The monoisotopic (exact) mass is 599 g/mol. The van der Waals surface area contributed by atoms with Crippen molar-refractivity contribution in [2.75, 3.05) is 6.54 Å². The van der Waals surface area contributed by atoms with Gasteiger partial charge in [-0.15, -0.1) is 0 Å². The summed E-state index contributed by atoms with van der Waals surface area (Å²) in [6, 6.07) is 0. The molecule has 0 aromatic carbocycles. The van der Waals surface area contributed by atoms with Gasteiger partial charge < -0.3 is 5.73 Å². The average molecular weight is 599 g/mol. The van der Waals surface area contributed by atoms with Gasteiger partial charge in [0.15, 0.2) is 0 Å². The van der Waals surface area contributed by atoms with E-state index in [1.165, 1.54) is 0 Å². The van der Waals surface area contributed by atoms with Crippen molar-refractivity contribution in [2.45, 2.75) is 65.4 Å². The Kier molecular flexibility index (Phi) is 7.80. The van der Waals surface area contributed by atoms with Gasteiger partial charge in [0, 0.05) is 0 Å². The molecular formula is C12H4F23N. The van der Waals surface area contributed by atoms with Crippen LogP contribution >= 0.6 is 0 Å². The zero-order valence-corrected chi connectivity index (χ0v) is 15.5. The fourth-order valence-electron chi connectivity index (χ4n) is 1.92. The van der Waals surface area contributed by atoms with Crippen LogP contribution in [0, 0.1) is 0 Å². The maximum atomic E-state index is 13.4. The predicted octanol–water partition coefficient (Wildman–Crippen LogP) is 6.86. The molecule has 0 bridgehead atoms. The Bertz CT molecular complexity index is 802. The summed E-state index contributed by atoms with van der Waals surface area (Å²) in [5.41, 5.74) is 3.77. The van der Waals surface area contributed by atoms with Gasteiger partial charge in [-0.05, 0) is 0 Å². The van der Waals surface area contributed by atoms with Crippen molar-refractivity contribution in [1.29, 1.82) is 0 Å². The summed E-state index contributed by atoms with van der Waals surface area (Å²) in [6.45, 7) is -3.19. The van der Waals surface area contributed by atoms with Crippen molar-refractivity contribution >= 4 is 0 Å². The first kappa shape index (κ1) is 34.4. The topological polar surface area (TPSA) is 26.0 Å². The third-order valence-corrected chi connectivity index (χ3v) is 4.23. The Labute approximate surface area is 180 Å². The van der Waals surface area contributed by atoms with Crippen LogP contribution in [-0.2, 0) is 0 Å². The lowest BCUT2D eigenvalue weighted by Crippen LogP contribution is -2.77. The summed E-state index contributed by atoms with van der Waals surface area (Å²) in [6.07, 6.45) is -8.08. The van der Waals surface area contributed by atoms with Crippen molar-refractivity contribution in [2.24, 2.45) is 5.73 Å². The van der Waals surface area contributed by atoms with E-state index in [4.69, 9.17) is 0 Å². The third kappa shape index (κ3) is 3.81. The number of halogens is 23. The first-order chi connectivity index (χ1) is 15.1. The molecule has 2 N–H and O–H groups in total. The van der Waals surface area contributed by atoms with Crippen molar-refractivity contribution in [1.82, 2.24) is 0 Å². The van der Waals surface area contributed by atoms with E-state index in [0.717, 1.165) is 0 Å². The molecule has 36 heavy (non-hydrogen) atoms. The maximum Gasteiger partial charge on any atom is 0.460 e. The Morgan fingerprint density at radius 1 is 0.278 bits per heavy atom. The van der Waals surface area contributed by atoms with Crippen LogP contribution in [-0.4, -0.2) is 71.9 Å². The molecule has 0 rings (SSSR count). The van der Waals surface area contributed by atoms with E-state index < -0.39 is 71.9 Å². The Hall–Kier alpha value is -1.65. The van der Waals surface area contributed by atoms with Gasteiger partial charge in [0.1, 0.15) is 0 Å². The lowest BCUT2D eigenvalue weighted by Gasteiger charge is -2.45. The van der Waals surface area contributed by atoms with E-state index in [1.807, 2.05) is 0 Å².